The number of nitro groups is 1. The Morgan fingerprint density at radius 1 is 1.40 bits per heavy atom. The summed E-state index contributed by atoms with van der Waals surface area (Å²) in [5.74, 6) is -0.130. The molecule has 0 spiro atoms. The molecule has 0 radical (unpaired) electrons. The molecule has 20 heavy (non-hydrogen) atoms. The third-order valence-electron chi connectivity index (χ3n) is 2.36. The topological polar surface area (TPSA) is 98.0 Å². The van der Waals surface area contributed by atoms with Gasteiger partial charge in [-0.15, -0.1) is 0 Å². The molecule has 2 rings (SSSR count). The van der Waals surface area contributed by atoms with Gasteiger partial charge in [-0.05, 0) is 5.56 Å². The molecule has 1 aromatic carbocycles. The molecule has 1 aromatic heterocycles. The molecule has 2 aromatic rings. The maximum Gasteiger partial charge on any atom is 0.269 e. The summed E-state index contributed by atoms with van der Waals surface area (Å²) in [6.45, 7) is 0. The summed E-state index contributed by atoms with van der Waals surface area (Å²) in [7, 11) is 0. The van der Waals surface area contributed by atoms with Gasteiger partial charge in [0.15, 0.2) is 5.82 Å². The fraction of sp³-hybridized carbons (Fsp3) is 0.0833. The molecule has 8 heteroatoms. The highest BCUT2D eigenvalue weighted by atomic mass is 35.5. The number of hydrogen-bond donors (Lipinski definition) is 1. The van der Waals surface area contributed by atoms with Gasteiger partial charge in [-0.1, -0.05) is 23.7 Å². The number of non-ortho nitro benzene ring substituents is 1. The van der Waals surface area contributed by atoms with E-state index in [0.29, 0.717) is 5.56 Å². The zero-order chi connectivity index (χ0) is 14.5. The van der Waals surface area contributed by atoms with Gasteiger partial charge in [-0.25, -0.2) is 4.98 Å². The van der Waals surface area contributed by atoms with Crippen molar-refractivity contribution in [2.45, 2.75) is 6.42 Å². The van der Waals surface area contributed by atoms with Crippen LogP contribution < -0.4 is 5.32 Å². The molecule has 0 aliphatic carbocycles. The van der Waals surface area contributed by atoms with E-state index in [2.05, 4.69) is 15.3 Å². The molecule has 1 N–H and O–H groups in total. The van der Waals surface area contributed by atoms with E-state index in [9.17, 15) is 14.9 Å². The van der Waals surface area contributed by atoms with Gasteiger partial charge in [0.05, 0.1) is 23.7 Å². The number of carbonyl (C=O) groups excluding carboxylic acids is 1. The molecule has 0 bridgehead atoms. The van der Waals surface area contributed by atoms with Crippen molar-refractivity contribution in [3.63, 3.8) is 0 Å². The molecular formula is C12H9ClN4O3. The number of halogens is 1. The minimum atomic E-state index is -0.510. The standard InChI is InChI=1S/C12H9ClN4O3/c13-10-6-14-7-11(15-10)16-12(18)5-8-2-1-3-9(4-8)17(19)20/h1-4,6-7H,5H2,(H,15,16,18). The van der Waals surface area contributed by atoms with E-state index < -0.39 is 4.92 Å². The molecule has 0 saturated carbocycles. The van der Waals surface area contributed by atoms with Gasteiger partial charge in [-0.2, -0.15) is 0 Å². The smallest absolute Gasteiger partial charge is 0.269 e. The number of hydrogen-bond acceptors (Lipinski definition) is 5. The molecule has 7 nitrogen and oxygen atoms in total. The highest BCUT2D eigenvalue weighted by Gasteiger charge is 2.10. The second-order valence-electron chi connectivity index (χ2n) is 3.88. The quantitative estimate of drug-likeness (QED) is 0.688. The number of aromatic nitrogens is 2. The monoisotopic (exact) mass is 292 g/mol. The Morgan fingerprint density at radius 3 is 2.90 bits per heavy atom. The van der Waals surface area contributed by atoms with Crippen LogP contribution in [0.15, 0.2) is 36.7 Å². The number of rotatable bonds is 4. The van der Waals surface area contributed by atoms with E-state index in [4.69, 9.17) is 11.6 Å². The number of anilines is 1. The SMILES string of the molecule is O=C(Cc1cccc([N+](=O)[O-])c1)Nc1cncc(Cl)n1. The largest absolute Gasteiger partial charge is 0.309 e. The van der Waals surface area contributed by atoms with E-state index in [1.807, 2.05) is 0 Å². The molecule has 1 heterocycles. The molecule has 0 atom stereocenters. The lowest BCUT2D eigenvalue weighted by Crippen LogP contribution is -2.15. The Morgan fingerprint density at radius 2 is 2.20 bits per heavy atom. The number of amides is 1. The third-order valence-corrected chi connectivity index (χ3v) is 2.54. The molecule has 0 aliphatic heterocycles. The van der Waals surface area contributed by atoms with Gasteiger partial charge in [-0.3, -0.25) is 19.9 Å². The first kappa shape index (κ1) is 13.9. The Balaban J connectivity index is 2.04. The molecule has 0 aliphatic rings. The van der Waals surface area contributed by atoms with Gasteiger partial charge < -0.3 is 5.32 Å². The van der Waals surface area contributed by atoms with E-state index >= 15 is 0 Å². The lowest BCUT2D eigenvalue weighted by molar-refractivity contribution is -0.384. The van der Waals surface area contributed by atoms with Crippen LogP contribution in [0.5, 0.6) is 0 Å². The molecule has 102 valence electrons. The first-order valence-corrected chi connectivity index (χ1v) is 5.93. The Kier molecular flexibility index (Phi) is 4.21. The molecule has 0 unspecified atom stereocenters. The predicted octanol–water partition coefficient (Wildman–Crippen LogP) is 2.22. The average molecular weight is 293 g/mol. The highest BCUT2D eigenvalue weighted by molar-refractivity contribution is 6.29. The molecular weight excluding hydrogens is 284 g/mol. The summed E-state index contributed by atoms with van der Waals surface area (Å²) >= 11 is 5.64. The van der Waals surface area contributed by atoms with Crippen LogP contribution in [-0.2, 0) is 11.2 Å². The maximum absolute atomic E-state index is 11.8. The van der Waals surface area contributed by atoms with Crippen molar-refractivity contribution in [3.8, 4) is 0 Å². The van der Waals surface area contributed by atoms with Crippen LogP contribution >= 0.6 is 11.6 Å². The van der Waals surface area contributed by atoms with Crippen LogP contribution in [0.25, 0.3) is 0 Å². The third kappa shape index (κ3) is 3.72. The van der Waals surface area contributed by atoms with Crippen molar-refractivity contribution in [2.75, 3.05) is 5.32 Å². The summed E-state index contributed by atoms with van der Waals surface area (Å²) in [6.07, 6.45) is 2.70. The summed E-state index contributed by atoms with van der Waals surface area (Å²) in [4.78, 5) is 29.6. The number of nitrogens with one attached hydrogen (secondary N) is 1. The van der Waals surface area contributed by atoms with Crippen molar-refractivity contribution in [3.05, 3.63) is 57.5 Å². The lowest BCUT2D eigenvalue weighted by atomic mass is 10.1. The number of carbonyl (C=O) groups is 1. The van der Waals surface area contributed by atoms with Crippen molar-refractivity contribution in [1.29, 1.82) is 0 Å². The number of nitro benzene ring substituents is 1. The summed E-state index contributed by atoms with van der Waals surface area (Å²) in [6, 6.07) is 5.88. The van der Waals surface area contributed by atoms with Gasteiger partial charge >= 0.3 is 0 Å². The minimum absolute atomic E-state index is 0.00409. The van der Waals surface area contributed by atoms with Gasteiger partial charge in [0.25, 0.3) is 5.69 Å². The van der Waals surface area contributed by atoms with Crippen molar-refractivity contribution in [1.82, 2.24) is 9.97 Å². The van der Waals surface area contributed by atoms with Crippen LogP contribution in [0.2, 0.25) is 5.15 Å². The Labute approximate surface area is 118 Å². The van der Waals surface area contributed by atoms with Crippen molar-refractivity contribution < 1.29 is 9.72 Å². The van der Waals surface area contributed by atoms with Crippen LogP contribution in [0.1, 0.15) is 5.56 Å². The summed E-state index contributed by atoms with van der Waals surface area (Å²) < 4.78 is 0. The average Bonchev–Trinajstić information content (AvgIpc) is 2.38. The van der Waals surface area contributed by atoms with Crippen molar-refractivity contribution in [2.24, 2.45) is 0 Å². The Bertz CT molecular complexity index is 663. The normalized spacial score (nSPS) is 10.1. The highest BCUT2D eigenvalue weighted by Crippen LogP contribution is 2.14. The van der Waals surface area contributed by atoms with Gasteiger partial charge in [0.2, 0.25) is 5.91 Å². The summed E-state index contributed by atoms with van der Waals surface area (Å²) in [5.41, 5.74) is 0.476. The Hall–Kier alpha value is -2.54. The van der Waals surface area contributed by atoms with Crippen LogP contribution in [0, 0.1) is 10.1 Å². The fourth-order valence-electron chi connectivity index (χ4n) is 1.55. The molecule has 0 saturated heterocycles. The number of benzene rings is 1. The maximum atomic E-state index is 11.8. The molecule has 1 amide bonds. The fourth-order valence-corrected chi connectivity index (χ4v) is 1.70. The van der Waals surface area contributed by atoms with Crippen LogP contribution in [0.4, 0.5) is 11.5 Å². The van der Waals surface area contributed by atoms with E-state index in [1.54, 1.807) is 6.07 Å². The van der Waals surface area contributed by atoms with Gasteiger partial charge in [0.1, 0.15) is 5.15 Å². The van der Waals surface area contributed by atoms with E-state index in [-0.39, 0.29) is 29.0 Å². The van der Waals surface area contributed by atoms with E-state index in [0.717, 1.165) is 0 Å². The zero-order valence-corrected chi connectivity index (χ0v) is 10.9. The second kappa shape index (κ2) is 6.07. The molecule has 0 fully saturated rings. The second-order valence-corrected chi connectivity index (χ2v) is 4.27. The first-order chi connectivity index (χ1) is 9.54. The van der Waals surface area contributed by atoms with Gasteiger partial charge in [0, 0.05) is 12.1 Å². The first-order valence-electron chi connectivity index (χ1n) is 5.55. The lowest BCUT2D eigenvalue weighted by Gasteiger charge is -2.04. The minimum Gasteiger partial charge on any atom is -0.309 e. The van der Waals surface area contributed by atoms with Crippen LogP contribution in [-0.4, -0.2) is 20.8 Å². The summed E-state index contributed by atoms with van der Waals surface area (Å²) in [5, 5.41) is 13.3. The predicted molar refractivity (Wildman–Crippen MR) is 72.5 cm³/mol. The zero-order valence-electron chi connectivity index (χ0n) is 10.1. The van der Waals surface area contributed by atoms with Crippen molar-refractivity contribution >= 4 is 29.0 Å². The van der Waals surface area contributed by atoms with Crippen LogP contribution in [0.3, 0.4) is 0 Å². The van der Waals surface area contributed by atoms with E-state index in [1.165, 1.54) is 30.6 Å². The number of nitrogens with zero attached hydrogens (tertiary/aromatic N) is 3.